The molecule has 0 spiro atoms. The number of hydrogen-bond acceptors (Lipinski definition) is 4. The zero-order valence-corrected chi connectivity index (χ0v) is 18.6. The molecule has 5 heteroatoms. The van der Waals surface area contributed by atoms with Crippen LogP contribution >= 0.6 is 0 Å². The van der Waals surface area contributed by atoms with Crippen LogP contribution in [0.2, 0.25) is 0 Å². The molecule has 158 valence electrons. The van der Waals surface area contributed by atoms with Crippen molar-refractivity contribution in [2.45, 2.75) is 47.6 Å². The molecule has 2 aromatic rings. The number of rotatable bonds is 7. The second-order valence-corrected chi connectivity index (χ2v) is 8.56. The molecule has 3 rings (SSSR count). The highest BCUT2D eigenvalue weighted by atomic mass is 16.5. The van der Waals surface area contributed by atoms with Gasteiger partial charge in [0, 0.05) is 12.2 Å². The van der Waals surface area contributed by atoms with Crippen molar-refractivity contribution in [3.05, 3.63) is 64.9 Å². The van der Waals surface area contributed by atoms with Crippen LogP contribution in [0.15, 0.2) is 48.2 Å². The van der Waals surface area contributed by atoms with Crippen LogP contribution in [0.5, 0.6) is 5.75 Å². The molecule has 0 bridgehead atoms. The molecule has 1 aliphatic rings. The number of ether oxygens (including phenoxy) is 1. The zero-order valence-electron chi connectivity index (χ0n) is 18.6. The van der Waals surface area contributed by atoms with Crippen LogP contribution in [-0.2, 0) is 9.59 Å². The van der Waals surface area contributed by atoms with Gasteiger partial charge in [-0.1, -0.05) is 32.0 Å². The highest BCUT2D eigenvalue weighted by Gasteiger charge is 2.39. The second-order valence-electron chi connectivity index (χ2n) is 8.56. The Balaban J connectivity index is 2.03. The zero-order chi connectivity index (χ0) is 22.0. The Morgan fingerprint density at radius 3 is 2.03 bits per heavy atom. The Morgan fingerprint density at radius 1 is 0.900 bits per heavy atom. The van der Waals surface area contributed by atoms with Gasteiger partial charge in [-0.25, -0.2) is 0 Å². The number of carbonyl (C=O) groups is 2. The lowest BCUT2D eigenvalue weighted by Gasteiger charge is -2.17. The molecule has 1 heterocycles. The number of benzene rings is 2. The van der Waals surface area contributed by atoms with Crippen LogP contribution in [0.1, 0.15) is 44.4 Å². The predicted octanol–water partition coefficient (Wildman–Crippen LogP) is 4.94. The second kappa shape index (κ2) is 8.74. The summed E-state index contributed by atoms with van der Waals surface area (Å²) in [7, 11) is 0. The van der Waals surface area contributed by atoms with E-state index >= 15 is 0 Å². The van der Waals surface area contributed by atoms with Gasteiger partial charge in [0.2, 0.25) is 0 Å². The van der Waals surface area contributed by atoms with Crippen molar-refractivity contribution in [3.8, 4) is 5.75 Å². The van der Waals surface area contributed by atoms with Crippen LogP contribution < -0.4 is 10.1 Å². The summed E-state index contributed by atoms with van der Waals surface area (Å²) in [6.07, 6.45) is 0.0630. The minimum Gasteiger partial charge on any atom is -0.491 e. The van der Waals surface area contributed by atoms with E-state index in [9.17, 15) is 9.59 Å². The normalized spacial score (nSPS) is 14.3. The number of nitrogens with zero attached hydrogens (tertiary/aromatic N) is 1. The quantitative estimate of drug-likeness (QED) is 0.662. The highest BCUT2D eigenvalue weighted by molar-refractivity contribution is 6.36. The number of imide groups is 1. The van der Waals surface area contributed by atoms with Gasteiger partial charge in [-0.2, -0.15) is 0 Å². The average Bonchev–Trinajstić information content (AvgIpc) is 2.85. The van der Waals surface area contributed by atoms with Crippen molar-refractivity contribution in [3.63, 3.8) is 0 Å². The van der Waals surface area contributed by atoms with E-state index in [0.29, 0.717) is 23.4 Å². The first-order valence-electron chi connectivity index (χ1n) is 10.4. The molecule has 2 amide bonds. The van der Waals surface area contributed by atoms with Gasteiger partial charge in [-0.05, 0) is 74.6 Å². The van der Waals surface area contributed by atoms with E-state index in [1.165, 1.54) is 4.90 Å². The summed E-state index contributed by atoms with van der Waals surface area (Å²) in [6.45, 7) is 12.3. The van der Waals surface area contributed by atoms with E-state index in [1.807, 2.05) is 77.9 Å². The summed E-state index contributed by atoms with van der Waals surface area (Å²) < 4.78 is 5.71. The van der Waals surface area contributed by atoms with Crippen LogP contribution in [-0.4, -0.2) is 29.4 Å². The molecule has 0 saturated carbocycles. The van der Waals surface area contributed by atoms with Gasteiger partial charge < -0.3 is 10.1 Å². The third-order valence-corrected chi connectivity index (χ3v) is 4.72. The summed E-state index contributed by atoms with van der Waals surface area (Å²) in [6, 6.07) is 13.3. The standard InChI is InChI=1S/C25H30N2O3/c1-15(2)14-27-24(28)22(19-7-9-21(10-8-19)30-16(3)4)23(25(27)29)26-20-12-17(5)11-18(6)13-20/h7-13,15-16,26H,14H2,1-6H3. The third-order valence-electron chi connectivity index (χ3n) is 4.72. The van der Waals surface area contributed by atoms with E-state index in [-0.39, 0.29) is 23.8 Å². The number of amides is 2. The predicted molar refractivity (Wildman–Crippen MR) is 120 cm³/mol. The van der Waals surface area contributed by atoms with Crippen LogP contribution in [0.3, 0.4) is 0 Å². The maximum Gasteiger partial charge on any atom is 0.278 e. The van der Waals surface area contributed by atoms with E-state index in [0.717, 1.165) is 22.6 Å². The van der Waals surface area contributed by atoms with Crippen LogP contribution in [0.25, 0.3) is 5.57 Å². The van der Waals surface area contributed by atoms with Gasteiger partial charge >= 0.3 is 0 Å². The molecule has 0 unspecified atom stereocenters. The van der Waals surface area contributed by atoms with Crippen molar-refractivity contribution in [1.82, 2.24) is 4.90 Å². The van der Waals surface area contributed by atoms with E-state index in [1.54, 1.807) is 0 Å². The number of anilines is 1. The minimum atomic E-state index is -0.287. The third kappa shape index (κ3) is 4.73. The number of aryl methyl sites for hydroxylation is 2. The van der Waals surface area contributed by atoms with Gasteiger partial charge in [0.05, 0.1) is 11.7 Å². The molecule has 0 saturated heterocycles. The van der Waals surface area contributed by atoms with E-state index in [2.05, 4.69) is 11.4 Å². The molecular formula is C25H30N2O3. The lowest BCUT2D eigenvalue weighted by atomic mass is 10.0. The Morgan fingerprint density at radius 2 is 1.50 bits per heavy atom. The maximum absolute atomic E-state index is 13.2. The van der Waals surface area contributed by atoms with Crippen molar-refractivity contribution in [1.29, 1.82) is 0 Å². The lowest BCUT2D eigenvalue weighted by Crippen LogP contribution is -2.35. The SMILES string of the molecule is Cc1cc(C)cc(NC2=C(c3ccc(OC(C)C)cc3)C(=O)N(CC(C)C)C2=O)c1. The fourth-order valence-electron chi connectivity index (χ4n) is 3.65. The molecule has 2 aromatic carbocycles. The largest absolute Gasteiger partial charge is 0.491 e. The van der Waals surface area contributed by atoms with Gasteiger partial charge in [0.25, 0.3) is 11.8 Å². The minimum absolute atomic E-state index is 0.0630. The molecule has 0 atom stereocenters. The molecule has 0 aliphatic carbocycles. The molecule has 0 fully saturated rings. The van der Waals surface area contributed by atoms with E-state index in [4.69, 9.17) is 4.74 Å². The molecular weight excluding hydrogens is 376 g/mol. The van der Waals surface area contributed by atoms with Crippen molar-refractivity contribution < 1.29 is 14.3 Å². The van der Waals surface area contributed by atoms with Crippen molar-refractivity contribution in [2.75, 3.05) is 11.9 Å². The first-order chi connectivity index (χ1) is 14.2. The Bertz CT molecular complexity index is 968. The topological polar surface area (TPSA) is 58.6 Å². The molecule has 5 nitrogen and oxygen atoms in total. The van der Waals surface area contributed by atoms with Crippen molar-refractivity contribution in [2.24, 2.45) is 5.92 Å². The molecule has 1 N–H and O–H groups in total. The Hall–Kier alpha value is -3.08. The Kier molecular flexibility index (Phi) is 6.30. The monoisotopic (exact) mass is 406 g/mol. The number of hydrogen-bond donors (Lipinski definition) is 1. The summed E-state index contributed by atoms with van der Waals surface area (Å²) >= 11 is 0. The number of carbonyl (C=O) groups excluding carboxylic acids is 2. The van der Waals surface area contributed by atoms with Gasteiger partial charge in [-0.3, -0.25) is 14.5 Å². The molecule has 0 radical (unpaired) electrons. The summed E-state index contributed by atoms with van der Waals surface area (Å²) in [5.41, 5.74) is 4.39. The first-order valence-corrected chi connectivity index (χ1v) is 10.4. The summed E-state index contributed by atoms with van der Waals surface area (Å²) in [5.74, 6) is 0.360. The summed E-state index contributed by atoms with van der Waals surface area (Å²) in [5, 5.41) is 3.24. The van der Waals surface area contributed by atoms with Crippen LogP contribution in [0.4, 0.5) is 5.69 Å². The van der Waals surface area contributed by atoms with Crippen LogP contribution in [0, 0.1) is 19.8 Å². The fraction of sp³-hybridized carbons (Fsp3) is 0.360. The average molecular weight is 407 g/mol. The molecule has 0 aromatic heterocycles. The lowest BCUT2D eigenvalue weighted by molar-refractivity contribution is -0.137. The van der Waals surface area contributed by atoms with Gasteiger partial charge in [0.15, 0.2) is 0 Å². The summed E-state index contributed by atoms with van der Waals surface area (Å²) in [4.78, 5) is 27.7. The first kappa shape index (κ1) is 21.6. The maximum atomic E-state index is 13.2. The molecule has 30 heavy (non-hydrogen) atoms. The van der Waals surface area contributed by atoms with E-state index < -0.39 is 0 Å². The highest BCUT2D eigenvalue weighted by Crippen LogP contribution is 2.32. The van der Waals surface area contributed by atoms with Gasteiger partial charge in [-0.15, -0.1) is 0 Å². The fourth-order valence-corrected chi connectivity index (χ4v) is 3.65. The molecule has 1 aliphatic heterocycles. The van der Waals surface area contributed by atoms with Crippen molar-refractivity contribution >= 4 is 23.1 Å². The Labute approximate surface area is 178 Å². The smallest absolute Gasteiger partial charge is 0.278 e. The number of nitrogens with one attached hydrogen (secondary N) is 1. The van der Waals surface area contributed by atoms with Gasteiger partial charge in [0.1, 0.15) is 11.4 Å².